The number of anilines is 2. The number of para-hydroxylation sites is 2. The van der Waals surface area contributed by atoms with E-state index in [1.54, 1.807) is 16.8 Å². The van der Waals surface area contributed by atoms with Crippen LogP contribution in [0, 0.1) is 5.92 Å². The van der Waals surface area contributed by atoms with Crippen LogP contribution in [0.25, 0.3) is 0 Å². The van der Waals surface area contributed by atoms with Crippen molar-refractivity contribution in [3.63, 3.8) is 0 Å². The molecule has 5 nitrogen and oxygen atoms in total. The number of allylic oxidation sites excluding steroid dienone is 1. The second-order valence-corrected chi connectivity index (χ2v) is 5.76. The van der Waals surface area contributed by atoms with E-state index in [1.165, 1.54) is 0 Å². The number of amides is 2. The van der Waals surface area contributed by atoms with Crippen molar-refractivity contribution >= 4 is 23.2 Å². The van der Waals surface area contributed by atoms with E-state index < -0.39 is 0 Å². The third kappa shape index (κ3) is 2.47. The second-order valence-electron chi connectivity index (χ2n) is 5.76. The van der Waals surface area contributed by atoms with Gasteiger partial charge in [0.2, 0.25) is 5.91 Å². The molecule has 0 saturated heterocycles. The zero-order chi connectivity index (χ0) is 15.7. The number of carbonyl (C=O) groups excluding carboxylic acids is 2. The summed E-state index contributed by atoms with van der Waals surface area (Å²) in [5.41, 5.74) is 1.50. The van der Waals surface area contributed by atoms with Gasteiger partial charge in [-0.15, -0.1) is 0 Å². The summed E-state index contributed by atoms with van der Waals surface area (Å²) in [6.45, 7) is 2.78. The zero-order valence-electron chi connectivity index (χ0n) is 12.9. The van der Waals surface area contributed by atoms with Crippen LogP contribution < -0.4 is 9.80 Å². The zero-order valence-corrected chi connectivity index (χ0v) is 12.9. The first-order valence-electron chi connectivity index (χ1n) is 7.61. The molecule has 0 aromatic heterocycles. The Morgan fingerprint density at radius 2 is 2.00 bits per heavy atom. The molecule has 22 heavy (non-hydrogen) atoms. The van der Waals surface area contributed by atoms with E-state index in [2.05, 4.69) is 0 Å². The number of nitrogens with zero attached hydrogens (tertiary/aromatic N) is 2. The molecule has 2 amide bonds. The highest BCUT2D eigenvalue weighted by atomic mass is 16.5. The van der Waals surface area contributed by atoms with E-state index in [-0.39, 0.29) is 17.7 Å². The van der Waals surface area contributed by atoms with Crippen LogP contribution in [0.1, 0.15) is 19.8 Å². The number of rotatable bonds is 1. The molecule has 2 aliphatic rings. The minimum atomic E-state index is -0.259. The maximum absolute atomic E-state index is 12.8. The van der Waals surface area contributed by atoms with Gasteiger partial charge in [-0.05, 0) is 31.1 Å². The molecule has 2 aliphatic heterocycles. The molecule has 2 heterocycles. The van der Waals surface area contributed by atoms with Gasteiger partial charge in [-0.2, -0.15) is 0 Å². The van der Waals surface area contributed by atoms with Gasteiger partial charge in [0.25, 0.3) is 5.91 Å². The largest absolute Gasteiger partial charge is 0.488 e. The summed E-state index contributed by atoms with van der Waals surface area (Å²) >= 11 is 0. The van der Waals surface area contributed by atoms with Gasteiger partial charge in [-0.3, -0.25) is 9.59 Å². The van der Waals surface area contributed by atoms with Gasteiger partial charge in [0.05, 0.1) is 23.9 Å². The minimum Gasteiger partial charge on any atom is -0.488 e. The molecule has 0 saturated carbocycles. The number of carbonyl (C=O) groups is 2. The minimum absolute atomic E-state index is 0.0151. The van der Waals surface area contributed by atoms with Crippen LogP contribution in [-0.2, 0) is 14.3 Å². The summed E-state index contributed by atoms with van der Waals surface area (Å²) in [4.78, 5) is 28.5. The first-order chi connectivity index (χ1) is 10.6. The average molecular weight is 300 g/mol. The number of benzene rings is 1. The molecule has 1 aromatic carbocycles. The normalized spacial score (nSPS) is 21.6. The van der Waals surface area contributed by atoms with Gasteiger partial charge in [-0.25, -0.2) is 0 Å². The first kappa shape index (κ1) is 14.6. The number of hydrogen-bond acceptors (Lipinski definition) is 3. The smallest absolute Gasteiger partial charge is 0.293 e. The predicted octanol–water partition coefficient (Wildman–Crippen LogP) is 2.33. The monoisotopic (exact) mass is 300 g/mol. The van der Waals surface area contributed by atoms with Crippen LogP contribution in [-0.4, -0.2) is 32.0 Å². The Kier molecular flexibility index (Phi) is 3.88. The molecule has 0 radical (unpaired) electrons. The molecular formula is C17H20N2O3. The number of fused-ring (bicyclic) bond motifs is 1. The number of ether oxygens (including phenoxy) is 1. The molecule has 116 valence electrons. The Morgan fingerprint density at radius 3 is 2.68 bits per heavy atom. The quantitative estimate of drug-likeness (QED) is 0.800. The summed E-state index contributed by atoms with van der Waals surface area (Å²) in [6.07, 6.45) is 3.63. The molecule has 0 N–H and O–H groups in total. The molecule has 0 spiro atoms. The van der Waals surface area contributed by atoms with Crippen LogP contribution in [0.4, 0.5) is 11.4 Å². The van der Waals surface area contributed by atoms with Crippen LogP contribution in [0.3, 0.4) is 0 Å². The summed E-state index contributed by atoms with van der Waals surface area (Å²) in [7, 11) is 1.75. The molecule has 0 fully saturated rings. The fraction of sp³-hybridized carbons (Fsp3) is 0.412. The summed E-state index contributed by atoms with van der Waals surface area (Å²) in [6, 6.07) is 7.49. The van der Waals surface area contributed by atoms with E-state index in [1.807, 2.05) is 37.3 Å². The van der Waals surface area contributed by atoms with Crippen LogP contribution >= 0.6 is 0 Å². The molecule has 1 atom stereocenters. The fourth-order valence-electron chi connectivity index (χ4n) is 2.91. The lowest BCUT2D eigenvalue weighted by molar-refractivity contribution is -0.121. The standard InChI is InChI=1S/C17H20N2O3/c1-12-11-19(17(21)15-9-5-6-10-22-15)14-8-4-3-7-13(14)18(2)16(12)20/h3-4,7-9,12H,5-6,10-11H2,1-2H3. The lowest BCUT2D eigenvalue weighted by atomic mass is 10.1. The van der Waals surface area contributed by atoms with Gasteiger partial charge >= 0.3 is 0 Å². The highest BCUT2D eigenvalue weighted by Crippen LogP contribution is 2.34. The van der Waals surface area contributed by atoms with Crippen molar-refractivity contribution in [2.45, 2.75) is 19.8 Å². The molecule has 3 rings (SSSR count). The molecule has 5 heteroatoms. The fourth-order valence-corrected chi connectivity index (χ4v) is 2.91. The third-order valence-corrected chi connectivity index (χ3v) is 4.13. The highest BCUT2D eigenvalue weighted by molar-refractivity contribution is 6.10. The molecule has 0 aliphatic carbocycles. The lowest BCUT2D eigenvalue weighted by Gasteiger charge is -2.26. The topological polar surface area (TPSA) is 49.9 Å². The van der Waals surface area contributed by atoms with E-state index in [0.717, 1.165) is 24.2 Å². The maximum Gasteiger partial charge on any atom is 0.293 e. The van der Waals surface area contributed by atoms with E-state index >= 15 is 0 Å². The Hall–Kier alpha value is -2.30. The molecule has 1 aromatic rings. The van der Waals surface area contributed by atoms with Crippen molar-refractivity contribution in [3.8, 4) is 0 Å². The third-order valence-electron chi connectivity index (χ3n) is 4.13. The van der Waals surface area contributed by atoms with Gasteiger partial charge in [0, 0.05) is 13.6 Å². The Labute approximate surface area is 130 Å². The van der Waals surface area contributed by atoms with Crippen molar-refractivity contribution in [1.82, 2.24) is 0 Å². The van der Waals surface area contributed by atoms with E-state index in [9.17, 15) is 9.59 Å². The van der Waals surface area contributed by atoms with Crippen molar-refractivity contribution in [2.75, 3.05) is 30.0 Å². The summed E-state index contributed by atoms with van der Waals surface area (Å²) in [5, 5.41) is 0. The van der Waals surface area contributed by atoms with Crippen LogP contribution in [0.5, 0.6) is 0 Å². The van der Waals surface area contributed by atoms with Gasteiger partial charge < -0.3 is 14.5 Å². The Bertz CT molecular complexity index is 639. The predicted molar refractivity (Wildman–Crippen MR) is 84.6 cm³/mol. The number of hydrogen-bond donors (Lipinski definition) is 0. The average Bonchev–Trinajstić information content (AvgIpc) is 2.66. The molecule has 1 unspecified atom stereocenters. The van der Waals surface area contributed by atoms with E-state index in [0.29, 0.717) is 18.9 Å². The maximum atomic E-state index is 12.8. The SMILES string of the molecule is CC1CN(C(=O)C2=CCCCO2)c2ccccc2N(C)C1=O. The Balaban J connectivity index is 2.02. The van der Waals surface area contributed by atoms with Crippen molar-refractivity contribution < 1.29 is 14.3 Å². The summed E-state index contributed by atoms with van der Waals surface area (Å²) in [5.74, 6) is -0.0146. The van der Waals surface area contributed by atoms with Crippen molar-refractivity contribution in [3.05, 3.63) is 36.1 Å². The molecule has 0 bridgehead atoms. The highest BCUT2D eigenvalue weighted by Gasteiger charge is 2.33. The van der Waals surface area contributed by atoms with Crippen LogP contribution in [0.15, 0.2) is 36.1 Å². The second kappa shape index (κ2) is 5.83. The summed E-state index contributed by atoms with van der Waals surface area (Å²) < 4.78 is 5.51. The van der Waals surface area contributed by atoms with Gasteiger partial charge in [-0.1, -0.05) is 19.1 Å². The molecular weight excluding hydrogens is 280 g/mol. The lowest BCUT2D eigenvalue weighted by Crippen LogP contribution is -2.38. The Morgan fingerprint density at radius 1 is 1.27 bits per heavy atom. The first-order valence-corrected chi connectivity index (χ1v) is 7.61. The van der Waals surface area contributed by atoms with Crippen molar-refractivity contribution in [2.24, 2.45) is 5.92 Å². The van der Waals surface area contributed by atoms with Gasteiger partial charge in [0.15, 0.2) is 5.76 Å². The van der Waals surface area contributed by atoms with Crippen molar-refractivity contribution in [1.29, 1.82) is 0 Å². The van der Waals surface area contributed by atoms with Gasteiger partial charge in [0.1, 0.15) is 0 Å². The van der Waals surface area contributed by atoms with Crippen LogP contribution in [0.2, 0.25) is 0 Å². The van der Waals surface area contributed by atoms with E-state index in [4.69, 9.17) is 4.74 Å².